The second-order valence-electron chi connectivity index (χ2n) is 5.54. The van der Waals surface area contributed by atoms with Gasteiger partial charge in [-0.3, -0.25) is 9.69 Å². The fraction of sp³-hybridized carbons (Fsp3) is 0.533. The summed E-state index contributed by atoms with van der Waals surface area (Å²) in [6.07, 6.45) is 2.42. The Kier molecular flexibility index (Phi) is 5.55. The van der Waals surface area contributed by atoms with Gasteiger partial charge in [-0.05, 0) is 58.1 Å². The summed E-state index contributed by atoms with van der Waals surface area (Å²) in [5.41, 5.74) is 0.352. The van der Waals surface area contributed by atoms with E-state index in [1.54, 1.807) is 12.1 Å². The highest BCUT2D eigenvalue weighted by Crippen LogP contribution is 2.12. The number of carbonyl (C=O) groups is 1. The number of nitrogens with one attached hydrogen (secondary N) is 2. The van der Waals surface area contributed by atoms with E-state index in [-0.39, 0.29) is 16.8 Å². The minimum absolute atomic E-state index is 0.0928. The van der Waals surface area contributed by atoms with Crippen LogP contribution in [0.2, 0.25) is 0 Å². The molecule has 6 nitrogen and oxygen atoms in total. The number of hydrogen-bond donors (Lipinski definition) is 2. The normalized spacial score (nSPS) is 17.4. The van der Waals surface area contributed by atoms with Gasteiger partial charge >= 0.3 is 0 Å². The van der Waals surface area contributed by atoms with Crippen LogP contribution in [0.4, 0.5) is 0 Å². The van der Waals surface area contributed by atoms with E-state index in [0.717, 1.165) is 13.1 Å². The predicted molar refractivity (Wildman–Crippen MR) is 85.3 cm³/mol. The topological polar surface area (TPSA) is 78.5 Å². The van der Waals surface area contributed by atoms with E-state index in [4.69, 9.17) is 0 Å². The molecule has 0 aliphatic carbocycles. The molecule has 1 heterocycles. The molecule has 1 aromatic rings. The van der Waals surface area contributed by atoms with E-state index < -0.39 is 10.0 Å². The molecular weight excluding hydrogens is 302 g/mol. The average Bonchev–Trinajstić information content (AvgIpc) is 3.07. The third kappa shape index (κ3) is 4.06. The van der Waals surface area contributed by atoms with Gasteiger partial charge in [0.15, 0.2) is 0 Å². The van der Waals surface area contributed by atoms with Crippen molar-refractivity contribution >= 4 is 15.9 Å². The van der Waals surface area contributed by atoms with E-state index in [9.17, 15) is 13.2 Å². The summed E-state index contributed by atoms with van der Waals surface area (Å²) in [6, 6.07) is 6.33. The Labute approximate surface area is 131 Å². The van der Waals surface area contributed by atoms with Crippen LogP contribution in [-0.2, 0) is 10.0 Å². The molecule has 0 unspecified atom stereocenters. The summed E-state index contributed by atoms with van der Waals surface area (Å²) < 4.78 is 25.8. The van der Waals surface area contributed by atoms with Gasteiger partial charge in [-0.2, -0.15) is 0 Å². The molecule has 122 valence electrons. The monoisotopic (exact) mass is 325 g/mol. The molecule has 1 fully saturated rings. The van der Waals surface area contributed by atoms with Crippen LogP contribution >= 0.6 is 0 Å². The van der Waals surface area contributed by atoms with Gasteiger partial charge in [0.25, 0.3) is 5.91 Å². The fourth-order valence-corrected chi connectivity index (χ4v) is 3.35. The number of sulfonamides is 1. The molecule has 1 amide bonds. The maximum atomic E-state index is 12.2. The lowest BCUT2D eigenvalue weighted by Gasteiger charge is -2.23. The van der Waals surface area contributed by atoms with Gasteiger partial charge in [0.1, 0.15) is 0 Å². The van der Waals surface area contributed by atoms with Gasteiger partial charge in [-0.15, -0.1) is 0 Å². The lowest BCUT2D eigenvalue weighted by Crippen LogP contribution is -2.40. The summed E-state index contributed by atoms with van der Waals surface area (Å²) in [7, 11) is -2.19. The Morgan fingerprint density at radius 3 is 2.64 bits per heavy atom. The Balaban J connectivity index is 1.99. The van der Waals surface area contributed by atoms with Crippen molar-refractivity contribution in [2.75, 3.05) is 26.7 Å². The zero-order valence-electron chi connectivity index (χ0n) is 13.0. The van der Waals surface area contributed by atoms with E-state index in [1.165, 1.54) is 32.0 Å². The van der Waals surface area contributed by atoms with E-state index in [2.05, 4.69) is 21.9 Å². The molecule has 1 aromatic carbocycles. The van der Waals surface area contributed by atoms with Gasteiger partial charge in [0.05, 0.1) is 4.90 Å². The Bertz CT molecular complexity index is 625. The van der Waals surface area contributed by atoms with Crippen molar-refractivity contribution in [2.24, 2.45) is 0 Å². The van der Waals surface area contributed by atoms with Crippen LogP contribution in [0, 0.1) is 0 Å². The minimum atomic E-state index is -3.54. The molecule has 1 saturated heterocycles. The van der Waals surface area contributed by atoms with Gasteiger partial charge in [0.2, 0.25) is 10.0 Å². The van der Waals surface area contributed by atoms with Crippen molar-refractivity contribution in [1.29, 1.82) is 0 Å². The standard InChI is InChI=1S/C15H23N3O3S/c1-12(18-8-3-4-9-18)11-17-15(19)13-6-5-7-14(10-13)22(20,21)16-2/h5-7,10,12,16H,3-4,8-9,11H2,1-2H3,(H,17,19)/t12-/m0/s1. The molecule has 0 aromatic heterocycles. The van der Waals surface area contributed by atoms with E-state index in [0.29, 0.717) is 12.1 Å². The number of carbonyl (C=O) groups excluding carboxylic acids is 1. The average molecular weight is 325 g/mol. The maximum absolute atomic E-state index is 12.2. The number of benzene rings is 1. The first-order valence-corrected chi connectivity index (χ1v) is 8.98. The summed E-state index contributed by atoms with van der Waals surface area (Å²) in [5.74, 6) is -0.251. The quantitative estimate of drug-likeness (QED) is 0.811. The van der Waals surface area contributed by atoms with Gasteiger partial charge in [-0.1, -0.05) is 6.07 Å². The molecule has 1 aliphatic rings. The van der Waals surface area contributed by atoms with E-state index in [1.807, 2.05) is 0 Å². The highest BCUT2D eigenvalue weighted by atomic mass is 32.2. The number of rotatable bonds is 6. The second kappa shape index (κ2) is 7.21. The lowest BCUT2D eigenvalue weighted by atomic mass is 10.2. The lowest BCUT2D eigenvalue weighted by molar-refractivity contribution is 0.0940. The predicted octanol–water partition coefficient (Wildman–Crippen LogP) is 0.809. The molecule has 1 aliphatic heterocycles. The molecule has 0 saturated carbocycles. The molecule has 2 N–H and O–H groups in total. The smallest absolute Gasteiger partial charge is 0.251 e. The molecule has 22 heavy (non-hydrogen) atoms. The van der Waals surface area contributed by atoms with E-state index >= 15 is 0 Å². The molecule has 0 radical (unpaired) electrons. The Hall–Kier alpha value is -1.44. The van der Waals surface area contributed by atoms with Crippen molar-refractivity contribution in [1.82, 2.24) is 14.9 Å². The zero-order valence-corrected chi connectivity index (χ0v) is 13.8. The van der Waals surface area contributed by atoms with Crippen LogP contribution in [-0.4, -0.2) is 51.9 Å². The first-order chi connectivity index (χ1) is 10.4. The van der Waals surface area contributed by atoms with Gasteiger partial charge in [0, 0.05) is 18.2 Å². The van der Waals surface area contributed by atoms with Crippen LogP contribution in [0.25, 0.3) is 0 Å². The van der Waals surface area contributed by atoms with Crippen molar-refractivity contribution < 1.29 is 13.2 Å². The van der Waals surface area contributed by atoms with Gasteiger partial charge in [-0.25, -0.2) is 13.1 Å². The van der Waals surface area contributed by atoms with Crippen molar-refractivity contribution in [3.05, 3.63) is 29.8 Å². The van der Waals surface area contributed by atoms with Crippen LogP contribution in [0.3, 0.4) is 0 Å². The summed E-state index contributed by atoms with van der Waals surface area (Å²) in [6.45, 7) is 4.80. The first-order valence-electron chi connectivity index (χ1n) is 7.50. The SMILES string of the molecule is CNS(=O)(=O)c1cccc(C(=O)NC[C@H](C)N2CCCC2)c1. The van der Waals surface area contributed by atoms with Crippen molar-refractivity contribution in [3.8, 4) is 0 Å². The second-order valence-corrected chi connectivity index (χ2v) is 7.42. The zero-order chi connectivity index (χ0) is 16.2. The van der Waals surface area contributed by atoms with Crippen LogP contribution in [0.1, 0.15) is 30.1 Å². The maximum Gasteiger partial charge on any atom is 0.251 e. The van der Waals surface area contributed by atoms with Crippen molar-refractivity contribution in [2.45, 2.75) is 30.7 Å². The van der Waals surface area contributed by atoms with Crippen molar-refractivity contribution in [3.63, 3.8) is 0 Å². The Morgan fingerprint density at radius 1 is 1.32 bits per heavy atom. The van der Waals surface area contributed by atoms with Gasteiger partial charge < -0.3 is 5.32 Å². The summed E-state index contributed by atoms with van der Waals surface area (Å²) in [4.78, 5) is 14.6. The number of hydrogen-bond acceptors (Lipinski definition) is 4. The minimum Gasteiger partial charge on any atom is -0.350 e. The molecule has 7 heteroatoms. The largest absolute Gasteiger partial charge is 0.350 e. The molecular formula is C15H23N3O3S. The summed E-state index contributed by atoms with van der Waals surface area (Å²) in [5, 5.41) is 2.88. The third-order valence-corrected chi connectivity index (χ3v) is 5.41. The number of nitrogens with zero attached hydrogens (tertiary/aromatic N) is 1. The van der Waals surface area contributed by atoms with Crippen LogP contribution in [0.5, 0.6) is 0 Å². The van der Waals surface area contributed by atoms with Crippen LogP contribution in [0.15, 0.2) is 29.2 Å². The number of likely N-dealkylation sites (tertiary alicyclic amines) is 1. The highest BCUT2D eigenvalue weighted by molar-refractivity contribution is 7.89. The third-order valence-electron chi connectivity index (χ3n) is 4.00. The first kappa shape index (κ1) is 16.9. The molecule has 0 spiro atoms. The molecule has 0 bridgehead atoms. The Morgan fingerprint density at radius 2 is 2.00 bits per heavy atom. The molecule has 1 atom stereocenters. The summed E-state index contributed by atoms with van der Waals surface area (Å²) >= 11 is 0. The highest BCUT2D eigenvalue weighted by Gasteiger charge is 2.19. The number of amides is 1. The fourth-order valence-electron chi connectivity index (χ4n) is 2.58. The molecule has 2 rings (SSSR count). The van der Waals surface area contributed by atoms with Crippen LogP contribution < -0.4 is 10.0 Å².